The Morgan fingerprint density at radius 2 is 2.07 bits per heavy atom. The van der Waals surface area contributed by atoms with Gasteiger partial charge in [-0.25, -0.2) is 4.39 Å². The molecular formula is C11H12FNS. The summed E-state index contributed by atoms with van der Waals surface area (Å²) in [6.07, 6.45) is 5.08. The topological polar surface area (TPSA) is 12.0 Å². The van der Waals surface area contributed by atoms with E-state index >= 15 is 0 Å². The van der Waals surface area contributed by atoms with Crippen LogP contribution in [-0.4, -0.2) is 18.8 Å². The molecule has 0 amide bonds. The molecule has 3 heteroatoms. The van der Waals surface area contributed by atoms with E-state index in [-0.39, 0.29) is 5.82 Å². The summed E-state index contributed by atoms with van der Waals surface area (Å²) in [4.78, 5) is 1.08. The third-order valence-electron chi connectivity index (χ3n) is 1.59. The van der Waals surface area contributed by atoms with Crippen LogP contribution in [0.2, 0.25) is 0 Å². The monoisotopic (exact) mass is 209 g/mol. The van der Waals surface area contributed by atoms with E-state index in [0.29, 0.717) is 6.54 Å². The molecule has 1 nitrogen and oxygen atoms in total. The Morgan fingerprint density at radius 1 is 1.36 bits per heavy atom. The van der Waals surface area contributed by atoms with Gasteiger partial charge in [0.25, 0.3) is 0 Å². The van der Waals surface area contributed by atoms with Crippen molar-refractivity contribution in [1.29, 1.82) is 0 Å². The highest BCUT2D eigenvalue weighted by molar-refractivity contribution is 7.99. The highest BCUT2D eigenvalue weighted by atomic mass is 32.2. The molecule has 0 spiro atoms. The van der Waals surface area contributed by atoms with E-state index in [1.807, 2.05) is 0 Å². The van der Waals surface area contributed by atoms with E-state index in [1.165, 1.54) is 12.1 Å². The summed E-state index contributed by atoms with van der Waals surface area (Å²) in [5.74, 6) is 3.25. The molecular weight excluding hydrogens is 197 g/mol. The van der Waals surface area contributed by atoms with Gasteiger partial charge in [0.15, 0.2) is 0 Å². The number of benzene rings is 1. The maximum Gasteiger partial charge on any atom is 0.123 e. The molecule has 0 heterocycles. The Balaban J connectivity index is 2.19. The van der Waals surface area contributed by atoms with Crippen LogP contribution in [0.25, 0.3) is 0 Å². The van der Waals surface area contributed by atoms with Gasteiger partial charge in [-0.3, -0.25) is 0 Å². The molecule has 1 rings (SSSR count). The molecule has 1 aromatic rings. The number of terminal acetylenes is 1. The van der Waals surface area contributed by atoms with Gasteiger partial charge in [0, 0.05) is 17.2 Å². The molecule has 0 saturated heterocycles. The summed E-state index contributed by atoms with van der Waals surface area (Å²) in [5.41, 5.74) is 0. The predicted molar refractivity (Wildman–Crippen MR) is 58.8 cm³/mol. The minimum Gasteiger partial charge on any atom is -0.305 e. The van der Waals surface area contributed by atoms with Crippen LogP contribution in [0.4, 0.5) is 4.39 Å². The smallest absolute Gasteiger partial charge is 0.123 e. The van der Waals surface area contributed by atoms with Crippen LogP contribution in [-0.2, 0) is 0 Å². The van der Waals surface area contributed by atoms with Crippen LogP contribution >= 0.6 is 11.8 Å². The molecule has 0 radical (unpaired) electrons. The molecule has 0 bridgehead atoms. The first kappa shape index (κ1) is 11.1. The SMILES string of the molecule is C#CCNCCSc1ccc(F)cc1. The summed E-state index contributed by atoms with van der Waals surface area (Å²) >= 11 is 1.68. The molecule has 0 fully saturated rings. The van der Waals surface area contributed by atoms with Crippen molar-refractivity contribution >= 4 is 11.8 Å². The fraction of sp³-hybridized carbons (Fsp3) is 0.273. The molecule has 1 aromatic carbocycles. The maximum absolute atomic E-state index is 12.5. The fourth-order valence-electron chi connectivity index (χ4n) is 0.932. The zero-order chi connectivity index (χ0) is 10.2. The van der Waals surface area contributed by atoms with Crippen molar-refractivity contribution in [1.82, 2.24) is 5.32 Å². The highest BCUT2D eigenvalue weighted by Crippen LogP contribution is 2.16. The molecule has 0 aliphatic carbocycles. The van der Waals surface area contributed by atoms with E-state index in [4.69, 9.17) is 6.42 Å². The quantitative estimate of drug-likeness (QED) is 0.453. The van der Waals surface area contributed by atoms with Crippen molar-refractivity contribution in [2.24, 2.45) is 0 Å². The number of halogens is 1. The number of thioether (sulfide) groups is 1. The van der Waals surface area contributed by atoms with Crippen molar-refractivity contribution in [3.8, 4) is 12.3 Å². The van der Waals surface area contributed by atoms with E-state index < -0.39 is 0 Å². The van der Waals surface area contributed by atoms with Gasteiger partial charge < -0.3 is 5.32 Å². The lowest BCUT2D eigenvalue weighted by Crippen LogP contribution is -2.16. The van der Waals surface area contributed by atoms with E-state index in [1.54, 1.807) is 23.9 Å². The largest absolute Gasteiger partial charge is 0.305 e. The van der Waals surface area contributed by atoms with Crippen LogP contribution in [0.5, 0.6) is 0 Å². The fourth-order valence-corrected chi connectivity index (χ4v) is 1.74. The van der Waals surface area contributed by atoms with Gasteiger partial charge in [-0.1, -0.05) is 5.92 Å². The molecule has 0 aliphatic rings. The second-order valence-electron chi connectivity index (χ2n) is 2.68. The molecule has 1 N–H and O–H groups in total. The van der Waals surface area contributed by atoms with Crippen molar-refractivity contribution in [3.05, 3.63) is 30.1 Å². The number of rotatable bonds is 5. The maximum atomic E-state index is 12.5. The van der Waals surface area contributed by atoms with Crippen molar-refractivity contribution in [2.45, 2.75) is 4.90 Å². The van der Waals surface area contributed by atoms with Crippen LogP contribution in [0.15, 0.2) is 29.2 Å². The number of hydrogen-bond donors (Lipinski definition) is 1. The highest BCUT2D eigenvalue weighted by Gasteiger charge is 1.93. The lowest BCUT2D eigenvalue weighted by molar-refractivity contribution is 0.626. The van der Waals surface area contributed by atoms with Crippen LogP contribution in [0.1, 0.15) is 0 Å². The van der Waals surface area contributed by atoms with Gasteiger partial charge >= 0.3 is 0 Å². The predicted octanol–water partition coefficient (Wildman–Crippen LogP) is 2.14. The first-order valence-corrected chi connectivity index (χ1v) is 5.34. The number of hydrogen-bond acceptors (Lipinski definition) is 2. The molecule has 0 aromatic heterocycles. The summed E-state index contributed by atoms with van der Waals surface area (Å²) < 4.78 is 12.5. The Morgan fingerprint density at radius 3 is 2.71 bits per heavy atom. The molecule has 74 valence electrons. The normalized spacial score (nSPS) is 9.71. The molecule has 0 unspecified atom stereocenters. The molecule has 14 heavy (non-hydrogen) atoms. The lowest BCUT2D eigenvalue weighted by atomic mass is 10.4. The van der Waals surface area contributed by atoms with E-state index in [9.17, 15) is 4.39 Å². The lowest BCUT2D eigenvalue weighted by Gasteiger charge is -2.01. The minimum absolute atomic E-state index is 0.195. The van der Waals surface area contributed by atoms with Gasteiger partial charge in [-0.15, -0.1) is 18.2 Å². The van der Waals surface area contributed by atoms with E-state index in [0.717, 1.165) is 17.2 Å². The third-order valence-corrected chi connectivity index (χ3v) is 2.60. The molecule has 0 aliphatic heterocycles. The Labute approximate surface area is 88.1 Å². The summed E-state index contributed by atoms with van der Waals surface area (Å²) in [6, 6.07) is 6.50. The van der Waals surface area contributed by atoms with Gasteiger partial charge in [0.1, 0.15) is 5.82 Å². The van der Waals surface area contributed by atoms with Gasteiger partial charge in [-0.05, 0) is 24.3 Å². The first-order chi connectivity index (χ1) is 6.83. The van der Waals surface area contributed by atoms with Gasteiger partial charge in [-0.2, -0.15) is 0 Å². The van der Waals surface area contributed by atoms with E-state index in [2.05, 4.69) is 11.2 Å². The van der Waals surface area contributed by atoms with Crippen molar-refractivity contribution in [3.63, 3.8) is 0 Å². The van der Waals surface area contributed by atoms with Gasteiger partial charge in [0.2, 0.25) is 0 Å². The standard InChI is InChI=1S/C11H12FNS/c1-2-7-13-8-9-14-11-5-3-10(12)4-6-11/h1,3-6,13H,7-9H2. The Kier molecular flexibility index (Phi) is 5.13. The summed E-state index contributed by atoms with van der Waals surface area (Å²) in [7, 11) is 0. The van der Waals surface area contributed by atoms with Crippen LogP contribution < -0.4 is 5.32 Å². The zero-order valence-electron chi connectivity index (χ0n) is 7.79. The second kappa shape index (κ2) is 6.47. The van der Waals surface area contributed by atoms with Crippen molar-refractivity contribution in [2.75, 3.05) is 18.8 Å². The minimum atomic E-state index is -0.195. The first-order valence-electron chi connectivity index (χ1n) is 4.35. The Hall–Kier alpha value is -0.980. The van der Waals surface area contributed by atoms with Gasteiger partial charge in [0.05, 0.1) is 6.54 Å². The summed E-state index contributed by atoms with van der Waals surface area (Å²) in [5, 5.41) is 3.09. The second-order valence-corrected chi connectivity index (χ2v) is 3.85. The Bertz CT molecular complexity index is 302. The molecule has 0 saturated carbocycles. The zero-order valence-corrected chi connectivity index (χ0v) is 8.61. The average molecular weight is 209 g/mol. The summed E-state index contributed by atoms with van der Waals surface area (Å²) in [6.45, 7) is 1.47. The third kappa shape index (κ3) is 4.31. The molecule has 0 atom stereocenters. The van der Waals surface area contributed by atoms with Crippen LogP contribution in [0, 0.1) is 18.2 Å². The van der Waals surface area contributed by atoms with Crippen molar-refractivity contribution < 1.29 is 4.39 Å². The van der Waals surface area contributed by atoms with Crippen LogP contribution in [0.3, 0.4) is 0 Å². The average Bonchev–Trinajstić information content (AvgIpc) is 2.21. The number of nitrogens with one attached hydrogen (secondary N) is 1.